The van der Waals surface area contributed by atoms with Gasteiger partial charge in [0.05, 0.1) is 5.56 Å². The molecule has 0 aliphatic carbocycles. The minimum absolute atomic E-state index is 0.0888. The Balaban J connectivity index is 1.89. The molecule has 1 heterocycles. The van der Waals surface area contributed by atoms with E-state index in [2.05, 4.69) is 17.2 Å². The number of fused-ring (bicyclic) bond motifs is 1. The van der Waals surface area contributed by atoms with E-state index in [-0.39, 0.29) is 12.1 Å². The van der Waals surface area contributed by atoms with Gasteiger partial charge in [-0.2, -0.15) is 0 Å². The lowest BCUT2D eigenvalue weighted by molar-refractivity contribution is 0.0935. The van der Waals surface area contributed by atoms with Crippen LogP contribution in [-0.4, -0.2) is 12.5 Å². The summed E-state index contributed by atoms with van der Waals surface area (Å²) >= 11 is 0. The number of rotatable bonds is 4. The molecule has 0 saturated heterocycles. The van der Waals surface area contributed by atoms with Crippen molar-refractivity contribution < 1.29 is 9.53 Å². The Morgan fingerprint density at radius 1 is 1.14 bits per heavy atom. The minimum atomic E-state index is -0.316. The number of amides is 1. The lowest BCUT2D eigenvalue weighted by atomic mass is 10.1. The molecule has 4 nitrogen and oxygen atoms in total. The third kappa shape index (κ3) is 2.81. The maximum atomic E-state index is 12.2. The second-order valence-corrected chi connectivity index (χ2v) is 5.38. The quantitative estimate of drug-likeness (QED) is 0.849. The lowest BCUT2D eigenvalue weighted by Gasteiger charge is -2.29. The number of nitrogens with one attached hydrogen (secondary N) is 2. The number of ether oxygens (including phenoxy) is 1. The molecule has 0 spiro atoms. The summed E-state index contributed by atoms with van der Waals surface area (Å²) in [5, 5.41) is 6.30. The molecule has 2 aromatic rings. The number of carbonyl (C=O) groups excluding carboxylic acids is 1. The van der Waals surface area contributed by atoms with E-state index in [0.29, 0.717) is 12.2 Å². The van der Waals surface area contributed by atoms with Crippen LogP contribution in [0.2, 0.25) is 0 Å². The predicted octanol–water partition coefficient (Wildman–Crippen LogP) is 3.50. The average molecular weight is 294 g/mol. The summed E-state index contributed by atoms with van der Waals surface area (Å²) in [7, 11) is 0. The molecule has 1 atom stereocenters. The van der Waals surface area contributed by atoms with E-state index in [0.717, 1.165) is 22.6 Å². The normalized spacial score (nSPS) is 16.2. The summed E-state index contributed by atoms with van der Waals surface area (Å²) in [6.45, 7) is 6.21. The lowest BCUT2D eigenvalue weighted by Crippen LogP contribution is -2.38. The van der Waals surface area contributed by atoms with Crippen LogP contribution in [0.3, 0.4) is 0 Å². The van der Waals surface area contributed by atoms with Gasteiger partial charge in [0.15, 0.2) is 0 Å². The van der Waals surface area contributed by atoms with Gasteiger partial charge < -0.3 is 15.4 Å². The molecule has 22 heavy (non-hydrogen) atoms. The van der Waals surface area contributed by atoms with Gasteiger partial charge in [0.1, 0.15) is 18.5 Å². The Morgan fingerprint density at radius 2 is 1.86 bits per heavy atom. The second-order valence-electron chi connectivity index (χ2n) is 5.38. The molecule has 0 bridgehead atoms. The molecule has 0 fully saturated rings. The minimum Gasteiger partial charge on any atom is -0.489 e. The first-order valence-corrected chi connectivity index (χ1v) is 7.17. The molecule has 1 amide bonds. The Kier molecular flexibility index (Phi) is 3.83. The third-order valence-electron chi connectivity index (χ3n) is 3.45. The van der Waals surface area contributed by atoms with Crippen molar-refractivity contribution >= 4 is 11.6 Å². The van der Waals surface area contributed by atoms with Gasteiger partial charge in [0.2, 0.25) is 0 Å². The first-order valence-electron chi connectivity index (χ1n) is 7.17. The molecule has 4 heteroatoms. The van der Waals surface area contributed by atoms with Gasteiger partial charge in [-0.05, 0) is 30.7 Å². The van der Waals surface area contributed by atoms with Crippen LogP contribution in [0.5, 0.6) is 5.75 Å². The Labute approximate surface area is 129 Å². The predicted molar refractivity (Wildman–Crippen MR) is 87.0 cm³/mol. The first kappa shape index (κ1) is 14.2. The molecule has 1 unspecified atom stereocenters. The number of para-hydroxylation sites is 2. The van der Waals surface area contributed by atoms with Crippen molar-refractivity contribution in [1.82, 2.24) is 5.32 Å². The van der Waals surface area contributed by atoms with E-state index < -0.39 is 0 Å². The molecule has 3 rings (SSSR count). The molecule has 1 aliphatic heterocycles. The van der Waals surface area contributed by atoms with Gasteiger partial charge in [0, 0.05) is 11.3 Å². The molecule has 1 aliphatic rings. The highest BCUT2D eigenvalue weighted by atomic mass is 16.5. The fraction of sp³-hybridized carbons (Fsp3) is 0.167. The van der Waals surface area contributed by atoms with Crippen LogP contribution >= 0.6 is 0 Å². The second kappa shape index (κ2) is 5.93. The summed E-state index contributed by atoms with van der Waals surface area (Å²) in [6, 6.07) is 15.1. The summed E-state index contributed by atoms with van der Waals surface area (Å²) in [6.07, 6.45) is -0.316. The van der Waals surface area contributed by atoms with Gasteiger partial charge in [-0.25, -0.2) is 0 Å². The van der Waals surface area contributed by atoms with Crippen LogP contribution in [0, 0.1) is 0 Å². The van der Waals surface area contributed by atoms with Crippen LogP contribution in [0.4, 0.5) is 5.69 Å². The number of benzene rings is 2. The van der Waals surface area contributed by atoms with E-state index in [1.807, 2.05) is 49.4 Å². The fourth-order valence-electron chi connectivity index (χ4n) is 2.41. The van der Waals surface area contributed by atoms with Crippen LogP contribution in [0.25, 0.3) is 0 Å². The zero-order chi connectivity index (χ0) is 15.5. The van der Waals surface area contributed by atoms with Crippen molar-refractivity contribution in [2.24, 2.45) is 0 Å². The van der Waals surface area contributed by atoms with Crippen LogP contribution in [0.1, 0.15) is 29.0 Å². The van der Waals surface area contributed by atoms with Crippen molar-refractivity contribution in [3.63, 3.8) is 0 Å². The summed E-state index contributed by atoms with van der Waals surface area (Å²) < 4.78 is 5.78. The van der Waals surface area contributed by atoms with E-state index in [9.17, 15) is 4.79 Å². The highest BCUT2D eigenvalue weighted by Crippen LogP contribution is 2.31. The van der Waals surface area contributed by atoms with Gasteiger partial charge in [-0.1, -0.05) is 36.9 Å². The summed E-state index contributed by atoms with van der Waals surface area (Å²) in [4.78, 5) is 12.2. The molecular formula is C18H18N2O2. The van der Waals surface area contributed by atoms with Crippen molar-refractivity contribution in [1.29, 1.82) is 0 Å². The van der Waals surface area contributed by atoms with Crippen molar-refractivity contribution in [3.05, 3.63) is 71.8 Å². The number of anilines is 1. The van der Waals surface area contributed by atoms with Crippen molar-refractivity contribution in [2.75, 3.05) is 11.9 Å². The van der Waals surface area contributed by atoms with Crippen molar-refractivity contribution in [3.8, 4) is 5.75 Å². The fourth-order valence-corrected chi connectivity index (χ4v) is 2.41. The first-order chi connectivity index (χ1) is 10.6. The van der Waals surface area contributed by atoms with Crippen molar-refractivity contribution in [2.45, 2.75) is 13.1 Å². The zero-order valence-electron chi connectivity index (χ0n) is 12.4. The van der Waals surface area contributed by atoms with E-state index in [4.69, 9.17) is 4.74 Å². The molecule has 112 valence electrons. The maximum Gasteiger partial charge on any atom is 0.255 e. The monoisotopic (exact) mass is 294 g/mol. The summed E-state index contributed by atoms with van der Waals surface area (Å²) in [5.74, 6) is 0.650. The topological polar surface area (TPSA) is 50.4 Å². The SMILES string of the molecule is C=C(C)COc1ccccc1C1NC(=O)c2ccccc2N1. The summed E-state index contributed by atoms with van der Waals surface area (Å²) in [5.41, 5.74) is 3.32. The number of carbonyl (C=O) groups is 1. The smallest absolute Gasteiger partial charge is 0.255 e. The van der Waals surface area contributed by atoms with E-state index in [1.54, 1.807) is 6.07 Å². The number of hydrogen-bond acceptors (Lipinski definition) is 3. The standard InChI is InChI=1S/C18H18N2O2/c1-12(2)11-22-16-10-6-4-8-14(16)17-19-15-9-5-3-7-13(15)18(21)20-17/h3-10,17,19H,1,11H2,2H3,(H,20,21). The van der Waals surface area contributed by atoms with Gasteiger partial charge in [-0.3, -0.25) is 4.79 Å². The number of hydrogen-bond donors (Lipinski definition) is 2. The van der Waals surface area contributed by atoms with Gasteiger partial charge in [0.25, 0.3) is 5.91 Å². The van der Waals surface area contributed by atoms with Gasteiger partial charge >= 0.3 is 0 Å². The molecule has 2 aromatic carbocycles. The Morgan fingerprint density at radius 3 is 2.68 bits per heavy atom. The van der Waals surface area contributed by atoms with E-state index >= 15 is 0 Å². The highest BCUT2D eigenvalue weighted by molar-refractivity contribution is 6.01. The highest BCUT2D eigenvalue weighted by Gasteiger charge is 2.26. The Hall–Kier alpha value is -2.75. The Bertz CT molecular complexity index is 725. The largest absolute Gasteiger partial charge is 0.489 e. The molecule has 0 radical (unpaired) electrons. The molecule has 0 aromatic heterocycles. The van der Waals surface area contributed by atoms with Crippen LogP contribution in [0.15, 0.2) is 60.7 Å². The van der Waals surface area contributed by atoms with E-state index in [1.165, 1.54) is 0 Å². The van der Waals surface area contributed by atoms with Crippen LogP contribution in [-0.2, 0) is 0 Å². The zero-order valence-corrected chi connectivity index (χ0v) is 12.4. The average Bonchev–Trinajstić information content (AvgIpc) is 2.53. The maximum absolute atomic E-state index is 12.2. The molecular weight excluding hydrogens is 276 g/mol. The van der Waals surface area contributed by atoms with Crippen LogP contribution < -0.4 is 15.4 Å². The van der Waals surface area contributed by atoms with Gasteiger partial charge in [-0.15, -0.1) is 0 Å². The molecule has 0 saturated carbocycles. The molecule has 2 N–H and O–H groups in total. The third-order valence-corrected chi connectivity index (χ3v) is 3.45.